The van der Waals surface area contributed by atoms with Crippen molar-refractivity contribution in [1.82, 2.24) is 0 Å². The van der Waals surface area contributed by atoms with E-state index in [1.165, 1.54) is 29.9 Å². The lowest BCUT2D eigenvalue weighted by Crippen LogP contribution is -2.15. The molecule has 116 valence electrons. The maximum absolute atomic E-state index is 10.7. The van der Waals surface area contributed by atoms with E-state index in [0.29, 0.717) is 12.3 Å². The quantitative estimate of drug-likeness (QED) is 0.844. The second-order valence-corrected chi connectivity index (χ2v) is 6.65. The van der Waals surface area contributed by atoms with E-state index in [2.05, 4.69) is 12.1 Å². The molecule has 0 spiro atoms. The highest BCUT2D eigenvalue weighted by Crippen LogP contribution is 2.35. The van der Waals surface area contributed by atoms with Gasteiger partial charge in [0, 0.05) is 18.0 Å². The van der Waals surface area contributed by atoms with Crippen molar-refractivity contribution in [2.24, 2.45) is 5.73 Å². The molecule has 21 heavy (non-hydrogen) atoms. The van der Waals surface area contributed by atoms with Gasteiger partial charge in [-0.15, -0.1) is 0 Å². The standard InChI is InChI=1S/C16H23NO3S/c1-20-15-4-2-12(11-6-8-21-9-7-11)10-13(15)14(17)3-5-16(18)19/h2,4,10-11,14H,3,5-9,17H2,1H3,(H,18,19). The van der Waals surface area contributed by atoms with Gasteiger partial charge in [-0.25, -0.2) is 0 Å². The Balaban J connectivity index is 2.18. The van der Waals surface area contributed by atoms with Gasteiger partial charge in [0.05, 0.1) is 7.11 Å². The van der Waals surface area contributed by atoms with E-state index < -0.39 is 5.97 Å². The zero-order valence-electron chi connectivity index (χ0n) is 12.4. The van der Waals surface area contributed by atoms with Crippen LogP contribution < -0.4 is 10.5 Å². The molecule has 1 fully saturated rings. The van der Waals surface area contributed by atoms with Crippen molar-refractivity contribution in [3.05, 3.63) is 29.3 Å². The van der Waals surface area contributed by atoms with E-state index in [9.17, 15) is 4.79 Å². The molecule has 4 nitrogen and oxygen atoms in total. The topological polar surface area (TPSA) is 72.5 Å². The van der Waals surface area contributed by atoms with E-state index in [-0.39, 0.29) is 12.5 Å². The lowest BCUT2D eigenvalue weighted by Gasteiger charge is -2.24. The number of thioether (sulfide) groups is 1. The molecule has 5 heteroatoms. The van der Waals surface area contributed by atoms with Crippen molar-refractivity contribution in [1.29, 1.82) is 0 Å². The van der Waals surface area contributed by atoms with Crippen molar-refractivity contribution in [3.63, 3.8) is 0 Å². The van der Waals surface area contributed by atoms with E-state index in [4.69, 9.17) is 15.6 Å². The molecular formula is C16H23NO3S. The molecule has 0 saturated carbocycles. The molecule has 1 saturated heterocycles. The highest BCUT2D eigenvalue weighted by molar-refractivity contribution is 7.99. The number of carboxylic acid groups (broad SMARTS) is 1. The van der Waals surface area contributed by atoms with Gasteiger partial charge in [0.2, 0.25) is 0 Å². The van der Waals surface area contributed by atoms with Crippen LogP contribution in [0.3, 0.4) is 0 Å². The first-order valence-corrected chi connectivity index (χ1v) is 8.50. The third kappa shape index (κ3) is 4.38. The third-order valence-electron chi connectivity index (χ3n) is 4.02. The number of methoxy groups -OCH3 is 1. The zero-order valence-corrected chi connectivity index (χ0v) is 13.2. The number of carboxylic acids is 1. The van der Waals surface area contributed by atoms with Gasteiger partial charge < -0.3 is 15.6 Å². The monoisotopic (exact) mass is 309 g/mol. The van der Waals surface area contributed by atoms with Crippen LogP contribution in [0.5, 0.6) is 5.75 Å². The van der Waals surface area contributed by atoms with Crippen LogP contribution in [-0.2, 0) is 4.79 Å². The average Bonchev–Trinajstić information content (AvgIpc) is 2.52. The number of carbonyl (C=O) groups is 1. The number of aliphatic carboxylic acids is 1. The molecule has 2 rings (SSSR count). The van der Waals surface area contributed by atoms with Gasteiger partial charge in [0.1, 0.15) is 5.75 Å². The largest absolute Gasteiger partial charge is 0.496 e. The molecule has 1 heterocycles. The summed E-state index contributed by atoms with van der Waals surface area (Å²) in [5.41, 5.74) is 8.40. The predicted molar refractivity (Wildman–Crippen MR) is 86.1 cm³/mol. The van der Waals surface area contributed by atoms with Gasteiger partial charge >= 0.3 is 5.97 Å². The minimum absolute atomic E-state index is 0.0780. The van der Waals surface area contributed by atoms with Gasteiger partial charge in [0.15, 0.2) is 0 Å². The highest BCUT2D eigenvalue weighted by atomic mass is 32.2. The van der Waals surface area contributed by atoms with Crippen LogP contribution in [0.4, 0.5) is 0 Å². The predicted octanol–water partition coefficient (Wildman–Crippen LogP) is 3.17. The summed E-state index contributed by atoms with van der Waals surface area (Å²) in [5.74, 6) is 2.93. The molecule has 1 unspecified atom stereocenters. The van der Waals surface area contributed by atoms with Gasteiger partial charge in [-0.3, -0.25) is 4.79 Å². The molecule has 3 N–H and O–H groups in total. The molecule has 0 aliphatic carbocycles. The fourth-order valence-electron chi connectivity index (χ4n) is 2.76. The number of ether oxygens (including phenoxy) is 1. The third-order valence-corrected chi connectivity index (χ3v) is 5.06. The van der Waals surface area contributed by atoms with Gasteiger partial charge in [-0.1, -0.05) is 12.1 Å². The molecule has 1 aliphatic rings. The van der Waals surface area contributed by atoms with Crippen molar-refractivity contribution in [2.45, 2.75) is 37.6 Å². The summed E-state index contributed by atoms with van der Waals surface area (Å²) in [6.07, 6.45) is 2.89. The first-order chi connectivity index (χ1) is 10.1. The van der Waals surface area contributed by atoms with Crippen LogP contribution in [0.25, 0.3) is 0 Å². The van der Waals surface area contributed by atoms with Crippen LogP contribution in [0.2, 0.25) is 0 Å². The molecule has 1 atom stereocenters. The fraction of sp³-hybridized carbons (Fsp3) is 0.562. The van der Waals surface area contributed by atoms with Crippen molar-refractivity contribution in [2.75, 3.05) is 18.6 Å². The van der Waals surface area contributed by atoms with Crippen LogP contribution in [0.15, 0.2) is 18.2 Å². The zero-order chi connectivity index (χ0) is 15.2. The Morgan fingerprint density at radius 3 is 2.81 bits per heavy atom. The molecule has 0 amide bonds. The van der Waals surface area contributed by atoms with Crippen LogP contribution in [0, 0.1) is 0 Å². The second-order valence-electron chi connectivity index (χ2n) is 5.43. The van der Waals surface area contributed by atoms with Crippen LogP contribution in [-0.4, -0.2) is 29.7 Å². The number of benzene rings is 1. The van der Waals surface area contributed by atoms with Crippen LogP contribution in [0.1, 0.15) is 48.8 Å². The summed E-state index contributed by atoms with van der Waals surface area (Å²) < 4.78 is 5.38. The molecule has 1 aromatic carbocycles. The summed E-state index contributed by atoms with van der Waals surface area (Å²) in [7, 11) is 1.62. The van der Waals surface area contributed by atoms with Crippen molar-refractivity contribution >= 4 is 17.7 Å². The number of rotatable bonds is 6. The van der Waals surface area contributed by atoms with Crippen molar-refractivity contribution in [3.8, 4) is 5.75 Å². The summed E-state index contributed by atoms with van der Waals surface area (Å²) >= 11 is 2.01. The maximum Gasteiger partial charge on any atom is 0.303 e. The summed E-state index contributed by atoms with van der Waals surface area (Å²) in [6, 6.07) is 5.90. The second kappa shape index (κ2) is 7.71. The first-order valence-electron chi connectivity index (χ1n) is 7.34. The van der Waals surface area contributed by atoms with Gasteiger partial charge in [-0.2, -0.15) is 11.8 Å². The molecule has 1 aromatic rings. The molecule has 0 radical (unpaired) electrons. The normalized spacial score (nSPS) is 17.4. The van der Waals surface area contributed by atoms with E-state index in [0.717, 1.165) is 11.3 Å². The number of hydrogen-bond acceptors (Lipinski definition) is 4. The van der Waals surface area contributed by atoms with E-state index in [1.54, 1.807) is 7.11 Å². The summed E-state index contributed by atoms with van der Waals surface area (Å²) in [5, 5.41) is 8.81. The lowest BCUT2D eigenvalue weighted by molar-refractivity contribution is -0.137. The molecule has 0 bridgehead atoms. The Morgan fingerprint density at radius 1 is 1.48 bits per heavy atom. The fourth-order valence-corrected chi connectivity index (χ4v) is 3.87. The highest BCUT2D eigenvalue weighted by Gasteiger charge is 2.19. The Labute approximate surface area is 130 Å². The number of nitrogens with two attached hydrogens (primary N) is 1. The Bertz CT molecular complexity index is 486. The lowest BCUT2D eigenvalue weighted by atomic mass is 9.90. The van der Waals surface area contributed by atoms with E-state index in [1.807, 2.05) is 17.8 Å². The average molecular weight is 309 g/mol. The molecule has 1 aliphatic heterocycles. The summed E-state index contributed by atoms with van der Waals surface area (Å²) in [6.45, 7) is 0. The van der Waals surface area contributed by atoms with Gasteiger partial charge in [-0.05, 0) is 48.3 Å². The van der Waals surface area contributed by atoms with Crippen LogP contribution >= 0.6 is 11.8 Å². The Hall–Kier alpha value is -1.20. The molecular weight excluding hydrogens is 286 g/mol. The Kier molecular flexibility index (Phi) is 5.94. The van der Waals surface area contributed by atoms with Crippen molar-refractivity contribution < 1.29 is 14.6 Å². The Morgan fingerprint density at radius 2 is 2.19 bits per heavy atom. The minimum Gasteiger partial charge on any atom is -0.496 e. The first kappa shape index (κ1) is 16.2. The van der Waals surface area contributed by atoms with Gasteiger partial charge in [0.25, 0.3) is 0 Å². The summed E-state index contributed by atoms with van der Waals surface area (Å²) in [4.78, 5) is 10.7. The SMILES string of the molecule is COc1ccc(C2CCSCC2)cc1C(N)CCC(=O)O. The molecule has 0 aromatic heterocycles. The smallest absolute Gasteiger partial charge is 0.303 e. The minimum atomic E-state index is -0.815. The maximum atomic E-state index is 10.7. The van der Waals surface area contributed by atoms with E-state index >= 15 is 0 Å². The number of hydrogen-bond donors (Lipinski definition) is 2.